The Bertz CT molecular complexity index is 586. The van der Waals surface area contributed by atoms with Gasteiger partial charge in [0, 0.05) is 17.8 Å². The van der Waals surface area contributed by atoms with Gasteiger partial charge in [0.25, 0.3) is 0 Å². The molecule has 4 heteroatoms. The summed E-state index contributed by atoms with van der Waals surface area (Å²) in [4.78, 5) is 2.18. The molecule has 0 fully saturated rings. The number of halogens is 1. The van der Waals surface area contributed by atoms with E-state index >= 15 is 0 Å². The van der Waals surface area contributed by atoms with Gasteiger partial charge in [0.1, 0.15) is 5.66 Å². The van der Waals surface area contributed by atoms with Gasteiger partial charge >= 0.3 is 0 Å². The van der Waals surface area contributed by atoms with Crippen LogP contribution in [0.1, 0.15) is 12.5 Å². The molecule has 1 atom stereocenters. The van der Waals surface area contributed by atoms with Crippen molar-refractivity contribution in [1.82, 2.24) is 10.2 Å². The predicted octanol–water partition coefficient (Wildman–Crippen LogP) is 2.67. The number of hydrogen-bond acceptors (Lipinski definition) is 3. The van der Waals surface area contributed by atoms with Crippen molar-refractivity contribution < 1.29 is 0 Å². The first-order valence-electron chi connectivity index (χ1n) is 6.27. The maximum Gasteiger partial charge on any atom is 0.131 e. The fraction of sp³-hybridized carbons (Fsp3) is 0.200. The zero-order valence-electron chi connectivity index (χ0n) is 10.7. The fourth-order valence-electron chi connectivity index (χ4n) is 2.59. The maximum absolute atomic E-state index is 5.94. The number of nitrogens with zero attached hydrogens (tertiary/aromatic N) is 1. The van der Waals surface area contributed by atoms with Crippen molar-refractivity contribution in [2.24, 2.45) is 5.73 Å². The number of hydrogen-bond donors (Lipinski definition) is 2. The minimum Gasteiger partial charge on any atom is -0.357 e. The lowest BCUT2D eigenvalue weighted by molar-refractivity contribution is 0.269. The molecule has 2 aliphatic rings. The molecule has 0 spiro atoms. The van der Waals surface area contributed by atoms with E-state index in [2.05, 4.69) is 29.4 Å². The lowest BCUT2D eigenvalue weighted by Gasteiger charge is -2.35. The second kappa shape index (κ2) is 4.44. The van der Waals surface area contributed by atoms with E-state index in [1.165, 1.54) is 0 Å². The average Bonchev–Trinajstić information content (AvgIpc) is 2.72. The highest BCUT2D eigenvalue weighted by Gasteiger charge is 2.38. The summed E-state index contributed by atoms with van der Waals surface area (Å²) in [6.45, 7) is 2.62. The van der Waals surface area contributed by atoms with Gasteiger partial charge in [-0.15, -0.1) is 0 Å². The van der Waals surface area contributed by atoms with E-state index in [-0.39, 0.29) is 5.66 Å². The van der Waals surface area contributed by atoms with Crippen LogP contribution in [-0.2, 0) is 0 Å². The Balaban J connectivity index is 2.07. The third kappa shape index (κ3) is 1.95. The summed E-state index contributed by atoms with van der Waals surface area (Å²) in [5.74, 6) is 0. The van der Waals surface area contributed by atoms with Crippen molar-refractivity contribution in [3.8, 4) is 0 Å². The summed E-state index contributed by atoms with van der Waals surface area (Å²) in [7, 11) is 0. The van der Waals surface area contributed by atoms with Gasteiger partial charge in [-0.1, -0.05) is 29.8 Å². The lowest BCUT2D eigenvalue weighted by Crippen LogP contribution is -2.47. The molecule has 1 unspecified atom stereocenters. The summed E-state index contributed by atoms with van der Waals surface area (Å²) < 4.78 is 0. The van der Waals surface area contributed by atoms with Crippen molar-refractivity contribution >= 4 is 17.3 Å². The van der Waals surface area contributed by atoms with Gasteiger partial charge in [0.15, 0.2) is 0 Å². The molecule has 98 valence electrons. The van der Waals surface area contributed by atoms with Gasteiger partial charge in [-0.3, -0.25) is 0 Å². The fourth-order valence-corrected chi connectivity index (χ4v) is 2.71. The van der Waals surface area contributed by atoms with Gasteiger partial charge in [0.2, 0.25) is 0 Å². The zero-order chi connectivity index (χ0) is 13.5. The van der Waals surface area contributed by atoms with E-state index < -0.39 is 0 Å². The molecular weight excluding hydrogens is 258 g/mol. The molecule has 3 rings (SSSR count). The topological polar surface area (TPSA) is 41.3 Å². The van der Waals surface area contributed by atoms with E-state index in [0.29, 0.717) is 6.54 Å². The van der Waals surface area contributed by atoms with Crippen LogP contribution in [0, 0.1) is 0 Å². The second-order valence-electron chi connectivity index (χ2n) is 4.88. The Morgan fingerprint density at radius 3 is 2.68 bits per heavy atom. The SMILES string of the molecule is CC12C=CC=CN1C(CN)=C(c1ccc(Cl)cc1)N2. The number of nitrogens with two attached hydrogens (primary N) is 1. The minimum absolute atomic E-state index is 0.238. The van der Waals surface area contributed by atoms with E-state index in [1.54, 1.807) is 0 Å². The van der Waals surface area contributed by atoms with Gasteiger partial charge in [-0.25, -0.2) is 0 Å². The first kappa shape index (κ1) is 12.3. The molecule has 1 aromatic rings. The van der Waals surface area contributed by atoms with Crippen molar-refractivity contribution in [3.05, 3.63) is 65.0 Å². The predicted molar refractivity (Wildman–Crippen MR) is 79.1 cm³/mol. The van der Waals surface area contributed by atoms with E-state index in [1.807, 2.05) is 36.4 Å². The Morgan fingerprint density at radius 1 is 1.26 bits per heavy atom. The smallest absolute Gasteiger partial charge is 0.131 e. The summed E-state index contributed by atoms with van der Waals surface area (Å²) in [5.41, 5.74) is 8.95. The van der Waals surface area contributed by atoms with Crippen molar-refractivity contribution in [2.45, 2.75) is 12.6 Å². The molecule has 0 amide bonds. The first-order chi connectivity index (χ1) is 9.14. The molecule has 3 N–H and O–H groups in total. The molecule has 1 aromatic carbocycles. The normalized spacial score (nSPS) is 24.7. The Kier molecular flexibility index (Phi) is 2.88. The molecule has 2 aliphatic heterocycles. The van der Waals surface area contributed by atoms with Crippen LogP contribution in [0.3, 0.4) is 0 Å². The van der Waals surface area contributed by atoms with E-state index in [4.69, 9.17) is 17.3 Å². The molecule has 2 heterocycles. The van der Waals surface area contributed by atoms with Gasteiger partial charge in [-0.05, 0) is 36.8 Å². The number of allylic oxidation sites excluding steroid dienone is 2. The van der Waals surface area contributed by atoms with Crippen LogP contribution < -0.4 is 11.1 Å². The summed E-state index contributed by atoms with van der Waals surface area (Å²) in [5, 5.41) is 4.29. The lowest BCUT2D eigenvalue weighted by atomic mass is 10.1. The molecule has 0 saturated carbocycles. The largest absolute Gasteiger partial charge is 0.357 e. The quantitative estimate of drug-likeness (QED) is 0.870. The van der Waals surface area contributed by atoms with Crippen LogP contribution >= 0.6 is 11.6 Å². The highest BCUT2D eigenvalue weighted by molar-refractivity contribution is 6.30. The molecule has 19 heavy (non-hydrogen) atoms. The van der Waals surface area contributed by atoms with Crippen LogP contribution in [0.25, 0.3) is 5.70 Å². The van der Waals surface area contributed by atoms with Crippen LogP contribution in [0.2, 0.25) is 5.02 Å². The Labute approximate surface area is 118 Å². The monoisotopic (exact) mass is 273 g/mol. The van der Waals surface area contributed by atoms with Crippen molar-refractivity contribution in [2.75, 3.05) is 6.54 Å². The molecule has 0 radical (unpaired) electrons. The van der Waals surface area contributed by atoms with E-state index in [9.17, 15) is 0 Å². The summed E-state index contributed by atoms with van der Waals surface area (Å²) >= 11 is 5.94. The first-order valence-corrected chi connectivity index (χ1v) is 6.64. The van der Waals surface area contributed by atoms with Gasteiger partial charge in [-0.2, -0.15) is 0 Å². The Hall–Kier alpha value is -1.71. The zero-order valence-corrected chi connectivity index (χ0v) is 11.5. The highest BCUT2D eigenvalue weighted by Crippen LogP contribution is 2.35. The van der Waals surface area contributed by atoms with Crippen molar-refractivity contribution in [1.29, 1.82) is 0 Å². The van der Waals surface area contributed by atoms with Gasteiger partial charge < -0.3 is 16.0 Å². The maximum atomic E-state index is 5.94. The third-order valence-electron chi connectivity index (χ3n) is 3.55. The average molecular weight is 274 g/mol. The Morgan fingerprint density at radius 2 is 2.00 bits per heavy atom. The van der Waals surface area contributed by atoms with Gasteiger partial charge in [0.05, 0.1) is 11.4 Å². The molecule has 0 saturated heterocycles. The standard InChI is InChI=1S/C15H16ClN3/c1-15-8-2-3-9-19(15)13(10-17)14(18-15)11-4-6-12(16)7-5-11/h2-9,18H,10,17H2,1H3. The van der Waals surface area contributed by atoms with E-state index in [0.717, 1.165) is 22.0 Å². The van der Waals surface area contributed by atoms with Crippen LogP contribution in [-0.4, -0.2) is 17.1 Å². The van der Waals surface area contributed by atoms with Crippen LogP contribution in [0.5, 0.6) is 0 Å². The molecule has 0 aliphatic carbocycles. The third-order valence-corrected chi connectivity index (χ3v) is 3.80. The van der Waals surface area contributed by atoms with Crippen LogP contribution in [0.4, 0.5) is 0 Å². The number of nitrogens with one attached hydrogen (secondary N) is 1. The molecule has 0 bridgehead atoms. The molecular formula is C15H16ClN3. The summed E-state index contributed by atoms with van der Waals surface area (Å²) in [6, 6.07) is 7.81. The van der Waals surface area contributed by atoms with Crippen molar-refractivity contribution in [3.63, 3.8) is 0 Å². The minimum atomic E-state index is -0.238. The van der Waals surface area contributed by atoms with Crippen LogP contribution in [0.15, 0.2) is 54.4 Å². The molecule has 0 aromatic heterocycles. The summed E-state index contributed by atoms with van der Waals surface area (Å²) in [6.07, 6.45) is 8.25. The number of fused-ring (bicyclic) bond motifs is 1. The number of benzene rings is 1. The second-order valence-corrected chi connectivity index (χ2v) is 5.31. The molecule has 3 nitrogen and oxygen atoms in total. The number of rotatable bonds is 2. The highest BCUT2D eigenvalue weighted by atomic mass is 35.5.